The lowest BCUT2D eigenvalue weighted by Gasteiger charge is -2.13. The minimum atomic E-state index is -3.45. The van der Waals surface area contributed by atoms with Crippen molar-refractivity contribution in [1.82, 2.24) is 4.57 Å². The van der Waals surface area contributed by atoms with E-state index < -0.39 is 28.3 Å². The fourth-order valence-electron chi connectivity index (χ4n) is 3.00. The number of sulfone groups is 1. The maximum Gasteiger partial charge on any atom is 0.340 e. The van der Waals surface area contributed by atoms with Crippen LogP contribution in [0.15, 0.2) is 29.2 Å². The fourth-order valence-corrected chi connectivity index (χ4v) is 3.82. The van der Waals surface area contributed by atoms with E-state index in [0.717, 1.165) is 17.6 Å². The first-order valence-corrected chi connectivity index (χ1v) is 10.8. The van der Waals surface area contributed by atoms with Crippen molar-refractivity contribution in [3.8, 4) is 0 Å². The van der Waals surface area contributed by atoms with Crippen molar-refractivity contribution in [2.75, 3.05) is 18.2 Å². The van der Waals surface area contributed by atoms with Crippen LogP contribution >= 0.6 is 11.6 Å². The molecule has 0 saturated carbocycles. The number of aryl methyl sites for hydroxylation is 1. The van der Waals surface area contributed by atoms with Crippen molar-refractivity contribution in [2.45, 2.75) is 38.6 Å². The average molecular weight is 427 g/mol. The SMILES string of the molecule is Cc1cc(C(=O)OCC(=O)Nc2cc(S(C)(=O)=O)ccc2Cl)c(C)n1C(C)C. The highest BCUT2D eigenvalue weighted by atomic mass is 35.5. The zero-order valence-corrected chi connectivity index (χ0v) is 17.9. The number of carbonyl (C=O) groups is 2. The summed E-state index contributed by atoms with van der Waals surface area (Å²) in [5.41, 5.74) is 2.22. The Labute approximate surface area is 169 Å². The summed E-state index contributed by atoms with van der Waals surface area (Å²) >= 11 is 6.00. The highest BCUT2D eigenvalue weighted by Crippen LogP contribution is 2.25. The summed E-state index contributed by atoms with van der Waals surface area (Å²) < 4.78 is 30.4. The molecule has 0 saturated heterocycles. The maximum absolute atomic E-state index is 12.3. The highest BCUT2D eigenvalue weighted by molar-refractivity contribution is 7.90. The number of hydrogen-bond acceptors (Lipinski definition) is 5. The molecular formula is C19H23ClN2O5S. The molecule has 0 aliphatic rings. The Morgan fingerprint density at radius 2 is 1.86 bits per heavy atom. The van der Waals surface area contributed by atoms with Gasteiger partial charge in [-0.25, -0.2) is 13.2 Å². The second-order valence-corrected chi connectivity index (χ2v) is 9.21. The predicted molar refractivity (Wildman–Crippen MR) is 108 cm³/mol. The van der Waals surface area contributed by atoms with Gasteiger partial charge in [0.05, 0.1) is 21.2 Å². The molecule has 1 amide bonds. The summed E-state index contributed by atoms with van der Waals surface area (Å²) in [5, 5.41) is 2.63. The molecule has 1 aromatic carbocycles. The van der Waals surface area contributed by atoms with Gasteiger partial charge in [-0.3, -0.25) is 4.79 Å². The van der Waals surface area contributed by atoms with Crippen LogP contribution < -0.4 is 5.32 Å². The number of carbonyl (C=O) groups excluding carboxylic acids is 2. The van der Waals surface area contributed by atoms with Gasteiger partial charge < -0.3 is 14.6 Å². The van der Waals surface area contributed by atoms with E-state index in [1.807, 2.05) is 32.3 Å². The lowest BCUT2D eigenvalue weighted by Crippen LogP contribution is -2.21. The van der Waals surface area contributed by atoms with Crippen LogP contribution in [-0.4, -0.2) is 37.7 Å². The number of nitrogens with zero attached hydrogens (tertiary/aromatic N) is 1. The lowest BCUT2D eigenvalue weighted by molar-refractivity contribution is -0.119. The number of halogens is 1. The van der Waals surface area contributed by atoms with Gasteiger partial charge in [-0.05, 0) is 52.0 Å². The van der Waals surface area contributed by atoms with E-state index in [4.69, 9.17) is 16.3 Å². The van der Waals surface area contributed by atoms with Crippen LogP contribution in [0.4, 0.5) is 5.69 Å². The Balaban J connectivity index is 2.08. The number of esters is 1. The molecule has 0 spiro atoms. The van der Waals surface area contributed by atoms with Crippen molar-refractivity contribution in [1.29, 1.82) is 0 Å². The monoisotopic (exact) mass is 426 g/mol. The molecule has 0 aliphatic carbocycles. The second-order valence-electron chi connectivity index (χ2n) is 6.79. The Morgan fingerprint density at radius 1 is 1.21 bits per heavy atom. The zero-order chi connectivity index (χ0) is 21.2. The van der Waals surface area contributed by atoms with E-state index in [9.17, 15) is 18.0 Å². The molecule has 1 aromatic heterocycles. The topological polar surface area (TPSA) is 94.5 Å². The Hall–Kier alpha value is -2.32. The van der Waals surface area contributed by atoms with E-state index in [1.54, 1.807) is 6.07 Å². The van der Waals surface area contributed by atoms with Gasteiger partial charge in [0.15, 0.2) is 16.4 Å². The van der Waals surface area contributed by atoms with Crippen LogP contribution in [0.5, 0.6) is 0 Å². The van der Waals surface area contributed by atoms with Gasteiger partial charge in [-0.1, -0.05) is 11.6 Å². The van der Waals surface area contributed by atoms with Crippen LogP contribution in [0.1, 0.15) is 41.6 Å². The van der Waals surface area contributed by atoms with E-state index in [1.165, 1.54) is 18.2 Å². The summed E-state index contributed by atoms with van der Waals surface area (Å²) in [6.07, 6.45) is 1.05. The molecule has 2 rings (SSSR count). The van der Waals surface area contributed by atoms with Gasteiger partial charge in [0.1, 0.15) is 0 Å². The molecule has 1 N–H and O–H groups in total. The molecule has 152 valence electrons. The van der Waals surface area contributed by atoms with Gasteiger partial charge in [0.2, 0.25) is 0 Å². The summed E-state index contributed by atoms with van der Waals surface area (Å²) in [6.45, 7) is 7.21. The van der Waals surface area contributed by atoms with Crippen molar-refractivity contribution in [3.63, 3.8) is 0 Å². The summed E-state index contributed by atoms with van der Waals surface area (Å²) in [4.78, 5) is 24.5. The van der Waals surface area contributed by atoms with E-state index in [2.05, 4.69) is 5.32 Å². The first-order valence-electron chi connectivity index (χ1n) is 8.56. The van der Waals surface area contributed by atoms with Crippen molar-refractivity contribution < 1.29 is 22.7 Å². The maximum atomic E-state index is 12.3. The van der Waals surface area contributed by atoms with Crippen LogP contribution in [0, 0.1) is 13.8 Å². The number of amides is 1. The third kappa shape index (κ3) is 4.94. The van der Waals surface area contributed by atoms with E-state index >= 15 is 0 Å². The molecule has 9 heteroatoms. The summed E-state index contributed by atoms with van der Waals surface area (Å²) in [7, 11) is -3.45. The third-order valence-electron chi connectivity index (χ3n) is 4.20. The molecule has 0 bridgehead atoms. The van der Waals surface area contributed by atoms with Crippen LogP contribution in [0.3, 0.4) is 0 Å². The molecule has 1 heterocycles. The minimum Gasteiger partial charge on any atom is -0.452 e. The first-order chi connectivity index (χ1) is 12.9. The second kappa shape index (κ2) is 8.36. The molecule has 0 unspecified atom stereocenters. The third-order valence-corrected chi connectivity index (χ3v) is 5.63. The van der Waals surface area contributed by atoms with Crippen molar-refractivity contribution >= 4 is 39.0 Å². The zero-order valence-electron chi connectivity index (χ0n) is 16.4. The minimum absolute atomic E-state index is 0.0188. The summed E-state index contributed by atoms with van der Waals surface area (Å²) in [6, 6.07) is 5.89. The molecule has 2 aromatic rings. The highest BCUT2D eigenvalue weighted by Gasteiger charge is 2.19. The van der Waals surface area contributed by atoms with Gasteiger partial charge in [-0.15, -0.1) is 0 Å². The van der Waals surface area contributed by atoms with Crippen LogP contribution in [0.25, 0.3) is 0 Å². The largest absolute Gasteiger partial charge is 0.452 e. The van der Waals surface area contributed by atoms with Gasteiger partial charge in [0.25, 0.3) is 5.91 Å². The number of nitrogens with one attached hydrogen (secondary N) is 1. The van der Waals surface area contributed by atoms with Crippen molar-refractivity contribution in [2.24, 2.45) is 0 Å². The average Bonchev–Trinajstić information content (AvgIpc) is 2.88. The molecule has 28 heavy (non-hydrogen) atoms. The number of ether oxygens (including phenoxy) is 1. The van der Waals surface area contributed by atoms with E-state index in [-0.39, 0.29) is 21.6 Å². The Morgan fingerprint density at radius 3 is 2.39 bits per heavy atom. The lowest BCUT2D eigenvalue weighted by atomic mass is 10.2. The number of aromatic nitrogens is 1. The smallest absolute Gasteiger partial charge is 0.340 e. The normalized spacial score (nSPS) is 11.5. The van der Waals surface area contributed by atoms with Crippen LogP contribution in [0.2, 0.25) is 5.02 Å². The van der Waals surface area contributed by atoms with E-state index in [0.29, 0.717) is 5.56 Å². The fraction of sp³-hybridized carbons (Fsp3) is 0.368. The Kier molecular flexibility index (Phi) is 6.56. The molecule has 0 radical (unpaired) electrons. The van der Waals surface area contributed by atoms with Gasteiger partial charge in [-0.2, -0.15) is 0 Å². The molecular weight excluding hydrogens is 404 g/mol. The molecule has 7 nitrogen and oxygen atoms in total. The van der Waals surface area contributed by atoms with Gasteiger partial charge >= 0.3 is 5.97 Å². The summed E-state index contributed by atoms with van der Waals surface area (Å²) in [5.74, 6) is -1.23. The molecule has 0 fully saturated rings. The van der Waals surface area contributed by atoms with Gasteiger partial charge in [0, 0.05) is 23.7 Å². The number of rotatable bonds is 6. The standard InChI is InChI=1S/C19H23ClN2O5S/c1-11(2)22-12(3)8-15(13(22)4)19(24)27-10-18(23)21-17-9-14(28(5,25)26)6-7-16(17)20/h6-9,11H,10H2,1-5H3,(H,21,23). The van der Waals surface area contributed by atoms with Crippen LogP contribution in [-0.2, 0) is 19.4 Å². The number of hydrogen-bond donors (Lipinski definition) is 1. The number of anilines is 1. The Bertz CT molecular complexity index is 1030. The predicted octanol–water partition coefficient (Wildman–Crippen LogP) is 3.54. The number of benzene rings is 1. The van der Waals surface area contributed by atoms with Crippen molar-refractivity contribution in [3.05, 3.63) is 46.2 Å². The quantitative estimate of drug-likeness (QED) is 0.713. The molecule has 0 aliphatic heterocycles. The molecule has 0 atom stereocenters. The first kappa shape index (κ1) is 22.0.